The van der Waals surface area contributed by atoms with Crippen LogP contribution in [0.2, 0.25) is 0 Å². The number of benzene rings is 1. The minimum atomic E-state index is -0.263. The van der Waals surface area contributed by atoms with Crippen LogP contribution in [0.1, 0.15) is 52.2 Å². The van der Waals surface area contributed by atoms with Gasteiger partial charge in [-0.15, -0.1) is 0 Å². The van der Waals surface area contributed by atoms with Crippen LogP contribution in [0.25, 0.3) is 5.65 Å². The number of amides is 2. The molecule has 2 aliphatic heterocycles. The molecule has 7 heteroatoms. The lowest BCUT2D eigenvalue weighted by Crippen LogP contribution is -2.45. The molecule has 0 bridgehead atoms. The average molecular weight is 404 g/mol. The first-order chi connectivity index (χ1) is 14.6. The fraction of sp³-hybridized carbons (Fsp3) is 0.348. The molecule has 0 saturated carbocycles. The van der Waals surface area contributed by atoms with Crippen molar-refractivity contribution >= 4 is 23.1 Å². The number of pyridine rings is 1. The highest BCUT2D eigenvalue weighted by Crippen LogP contribution is 2.31. The lowest BCUT2D eigenvalue weighted by Gasteiger charge is -2.37. The molecule has 1 unspecified atom stereocenters. The number of nitrogens with zero attached hydrogens (tertiary/aromatic N) is 3. The van der Waals surface area contributed by atoms with Gasteiger partial charge in [-0.1, -0.05) is 6.07 Å². The van der Waals surface area contributed by atoms with Crippen LogP contribution in [0.3, 0.4) is 0 Å². The van der Waals surface area contributed by atoms with E-state index in [1.54, 1.807) is 22.6 Å². The summed E-state index contributed by atoms with van der Waals surface area (Å²) in [6.07, 6.45) is 5.88. The Morgan fingerprint density at radius 1 is 1.20 bits per heavy atom. The first-order valence-corrected chi connectivity index (χ1v) is 10.4. The Hall–Kier alpha value is -3.35. The Balaban J connectivity index is 1.46. The van der Waals surface area contributed by atoms with Crippen molar-refractivity contribution in [2.45, 2.75) is 38.6 Å². The standard InChI is InChI=1S/C23H24N4O3/c1-15-21(27-12-5-3-7-20(27)24-15)22(28)25-16-8-9-19-18(14-16)23(29)26-11-4-2-6-17(26)10-13-30-19/h3,5,7-9,12,14,17H,2,4,6,10-11,13H2,1H3,(H,25,28). The number of aryl methyl sites for hydroxylation is 1. The maximum Gasteiger partial charge on any atom is 0.274 e. The van der Waals surface area contributed by atoms with Crippen LogP contribution in [0.15, 0.2) is 42.6 Å². The van der Waals surface area contributed by atoms with Gasteiger partial charge in [0.15, 0.2) is 0 Å². The summed E-state index contributed by atoms with van der Waals surface area (Å²) in [4.78, 5) is 32.7. The number of piperidine rings is 1. The van der Waals surface area contributed by atoms with Crippen LogP contribution in [0, 0.1) is 6.92 Å². The first kappa shape index (κ1) is 18.7. The van der Waals surface area contributed by atoms with Crippen molar-refractivity contribution in [3.05, 3.63) is 59.5 Å². The molecule has 1 fully saturated rings. The van der Waals surface area contributed by atoms with Gasteiger partial charge in [-0.3, -0.25) is 14.0 Å². The molecule has 0 radical (unpaired) electrons. The van der Waals surface area contributed by atoms with Crippen LogP contribution >= 0.6 is 0 Å². The van der Waals surface area contributed by atoms with Crippen LogP contribution < -0.4 is 10.1 Å². The second-order valence-electron chi connectivity index (χ2n) is 7.93. The molecule has 154 valence electrons. The van der Waals surface area contributed by atoms with Crippen molar-refractivity contribution in [3.63, 3.8) is 0 Å². The van der Waals surface area contributed by atoms with Gasteiger partial charge in [-0.25, -0.2) is 4.98 Å². The van der Waals surface area contributed by atoms with Gasteiger partial charge >= 0.3 is 0 Å². The third kappa shape index (κ3) is 3.20. The molecular weight excluding hydrogens is 380 g/mol. The number of carbonyl (C=O) groups excluding carboxylic acids is 2. The molecule has 0 aliphatic carbocycles. The SMILES string of the molecule is Cc1nc2ccccn2c1C(=O)Nc1ccc2c(c1)C(=O)N1CCCCC1CCO2. The minimum absolute atomic E-state index is 0.0171. The third-order valence-corrected chi connectivity index (χ3v) is 5.98. The highest BCUT2D eigenvalue weighted by atomic mass is 16.5. The molecule has 1 atom stereocenters. The molecule has 2 amide bonds. The van der Waals surface area contributed by atoms with E-state index in [9.17, 15) is 9.59 Å². The molecule has 30 heavy (non-hydrogen) atoms. The van der Waals surface area contributed by atoms with Gasteiger partial charge in [0.1, 0.15) is 17.1 Å². The monoisotopic (exact) mass is 404 g/mol. The van der Waals surface area contributed by atoms with Gasteiger partial charge in [0.05, 0.1) is 17.9 Å². The number of hydrogen-bond donors (Lipinski definition) is 1. The number of anilines is 1. The summed E-state index contributed by atoms with van der Waals surface area (Å²) in [6.45, 7) is 3.19. The molecule has 7 nitrogen and oxygen atoms in total. The zero-order chi connectivity index (χ0) is 20.7. The Morgan fingerprint density at radius 3 is 3.00 bits per heavy atom. The normalized spacial score (nSPS) is 18.8. The van der Waals surface area contributed by atoms with E-state index in [2.05, 4.69) is 10.3 Å². The van der Waals surface area contributed by atoms with Crippen LogP contribution in [0.4, 0.5) is 5.69 Å². The topological polar surface area (TPSA) is 75.9 Å². The van der Waals surface area contributed by atoms with Crippen molar-refractivity contribution in [2.75, 3.05) is 18.5 Å². The second kappa shape index (κ2) is 7.48. The largest absolute Gasteiger partial charge is 0.493 e. The molecule has 2 aliphatic rings. The number of fused-ring (bicyclic) bond motifs is 3. The van der Waals surface area contributed by atoms with Crippen LogP contribution in [-0.4, -0.2) is 45.3 Å². The number of hydrogen-bond acceptors (Lipinski definition) is 4. The van der Waals surface area contributed by atoms with Gasteiger partial charge in [0.25, 0.3) is 11.8 Å². The maximum absolute atomic E-state index is 13.2. The molecular formula is C23H24N4O3. The minimum Gasteiger partial charge on any atom is -0.493 e. The molecule has 4 heterocycles. The molecule has 2 aromatic heterocycles. The molecule has 0 spiro atoms. The number of ether oxygens (including phenoxy) is 1. The zero-order valence-corrected chi connectivity index (χ0v) is 16.9. The summed E-state index contributed by atoms with van der Waals surface area (Å²) in [7, 11) is 0. The highest BCUT2D eigenvalue weighted by Gasteiger charge is 2.31. The predicted molar refractivity (Wildman–Crippen MR) is 113 cm³/mol. The zero-order valence-electron chi connectivity index (χ0n) is 16.9. The Morgan fingerprint density at radius 2 is 2.10 bits per heavy atom. The van der Waals surface area contributed by atoms with E-state index in [0.717, 1.165) is 37.9 Å². The molecule has 3 aromatic rings. The maximum atomic E-state index is 13.2. The van der Waals surface area contributed by atoms with Gasteiger partial charge in [0, 0.05) is 30.9 Å². The van der Waals surface area contributed by atoms with E-state index in [-0.39, 0.29) is 17.9 Å². The van der Waals surface area contributed by atoms with Gasteiger partial charge in [-0.2, -0.15) is 0 Å². The summed E-state index contributed by atoms with van der Waals surface area (Å²) in [5.74, 6) is 0.297. The van der Waals surface area contributed by atoms with Crippen molar-refractivity contribution in [1.29, 1.82) is 0 Å². The number of nitrogens with one attached hydrogen (secondary N) is 1. The third-order valence-electron chi connectivity index (χ3n) is 5.98. The molecule has 1 saturated heterocycles. The summed E-state index contributed by atoms with van der Waals surface area (Å²) < 4.78 is 7.65. The lowest BCUT2D eigenvalue weighted by molar-refractivity contribution is 0.0548. The van der Waals surface area contributed by atoms with Crippen molar-refractivity contribution in [2.24, 2.45) is 0 Å². The van der Waals surface area contributed by atoms with Gasteiger partial charge < -0.3 is 15.0 Å². The van der Waals surface area contributed by atoms with E-state index in [1.165, 1.54) is 0 Å². The number of rotatable bonds is 2. The smallest absolute Gasteiger partial charge is 0.274 e. The van der Waals surface area contributed by atoms with Crippen LogP contribution in [-0.2, 0) is 0 Å². The predicted octanol–water partition coefficient (Wildman–Crippen LogP) is 3.67. The van der Waals surface area contributed by atoms with Crippen molar-refractivity contribution in [3.8, 4) is 5.75 Å². The summed E-state index contributed by atoms with van der Waals surface area (Å²) in [5.41, 5.74) is 2.93. The highest BCUT2D eigenvalue weighted by molar-refractivity contribution is 6.05. The van der Waals surface area contributed by atoms with Crippen molar-refractivity contribution in [1.82, 2.24) is 14.3 Å². The lowest BCUT2D eigenvalue weighted by atomic mass is 9.97. The van der Waals surface area contributed by atoms with Gasteiger partial charge in [0.2, 0.25) is 0 Å². The first-order valence-electron chi connectivity index (χ1n) is 10.4. The second-order valence-corrected chi connectivity index (χ2v) is 7.93. The quantitative estimate of drug-likeness (QED) is 0.707. The Labute approximate surface area is 174 Å². The number of aromatic nitrogens is 2. The van der Waals surface area contributed by atoms with E-state index in [1.807, 2.05) is 36.2 Å². The Bertz CT molecular complexity index is 1140. The number of imidazole rings is 1. The van der Waals surface area contributed by atoms with Gasteiger partial charge in [-0.05, 0) is 56.5 Å². The van der Waals surface area contributed by atoms with Crippen LogP contribution in [0.5, 0.6) is 5.75 Å². The Kier molecular flexibility index (Phi) is 4.65. The summed E-state index contributed by atoms with van der Waals surface area (Å²) in [6, 6.07) is 11.1. The van der Waals surface area contributed by atoms with E-state index in [0.29, 0.717) is 35.0 Å². The van der Waals surface area contributed by atoms with E-state index >= 15 is 0 Å². The summed E-state index contributed by atoms with van der Waals surface area (Å²) in [5, 5.41) is 2.93. The van der Waals surface area contributed by atoms with E-state index in [4.69, 9.17) is 4.74 Å². The average Bonchev–Trinajstić information content (AvgIpc) is 3.09. The summed E-state index contributed by atoms with van der Waals surface area (Å²) >= 11 is 0. The fourth-order valence-corrected chi connectivity index (χ4v) is 4.51. The van der Waals surface area contributed by atoms with Crippen molar-refractivity contribution < 1.29 is 14.3 Å². The van der Waals surface area contributed by atoms with E-state index < -0.39 is 0 Å². The molecule has 1 aromatic carbocycles. The molecule has 5 rings (SSSR count). The molecule has 1 N–H and O–H groups in total. The fourth-order valence-electron chi connectivity index (χ4n) is 4.51. The number of carbonyl (C=O) groups is 2.